The van der Waals surface area contributed by atoms with Gasteiger partial charge in [-0.25, -0.2) is 0 Å². The molecular formula is C15H22N2O3. The fourth-order valence-electron chi connectivity index (χ4n) is 2.20. The lowest BCUT2D eigenvalue weighted by atomic mass is 10.1. The lowest BCUT2D eigenvalue weighted by molar-refractivity contribution is -0.136. The molecule has 1 aliphatic heterocycles. The van der Waals surface area contributed by atoms with Crippen molar-refractivity contribution in [1.82, 2.24) is 5.32 Å². The van der Waals surface area contributed by atoms with E-state index in [1.165, 1.54) is 5.56 Å². The minimum Gasteiger partial charge on any atom is -0.486 e. The molecule has 2 rings (SSSR count). The molecule has 1 aromatic rings. The average Bonchev–Trinajstić information content (AvgIpc) is 2.46. The van der Waals surface area contributed by atoms with E-state index in [1.54, 1.807) is 0 Å². The van der Waals surface area contributed by atoms with E-state index in [1.807, 2.05) is 6.07 Å². The summed E-state index contributed by atoms with van der Waals surface area (Å²) in [6.45, 7) is 4.27. The van der Waals surface area contributed by atoms with Crippen LogP contribution in [-0.2, 0) is 11.2 Å². The van der Waals surface area contributed by atoms with Gasteiger partial charge in [0.05, 0.1) is 18.7 Å². The van der Waals surface area contributed by atoms with Crippen molar-refractivity contribution in [3.8, 4) is 5.75 Å². The van der Waals surface area contributed by atoms with Crippen LogP contribution in [0.3, 0.4) is 0 Å². The van der Waals surface area contributed by atoms with Crippen LogP contribution < -0.4 is 15.4 Å². The van der Waals surface area contributed by atoms with Crippen molar-refractivity contribution in [3.05, 3.63) is 23.8 Å². The van der Waals surface area contributed by atoms with Crippen LogP contribution in [0, 0.1) is 0 Å². The van der Waals surface area contributed by atoms with Gasteiger partial charge in [0.25, 0.3) is 0 Å². The number of fused-ring (bicyclic) bond motifs is 1. The smallest absolute Gasteiger partial charge is 0.304 e. The van der Waals surface area contributed by atoms with Crippen LogP contribution in [0.1, 0.15) is 25.3 Å². The average molecular weight is 278 g/mol. The molecule has 0 radical (unpaired) electrons. The Morgan fingerprint density at radius 2 is 2.35 bits per heavy atom. The van der Waals surface area contributed by atoms with Crippen LogP contribution in [0.15, 0.2) is 18.2 Å². The van der Waals surface area contributed by atoms with Crippen LogP contribution in [0.2, 0.25) is 0 Å². The summed E-state index contributed by atoms with van der Waals surface area (Å²) in [5.41, 5.74) is 2.27. The third kappa shape index (κ3) is 4.13. The van der Waals surface area contributed by atoms with Gasteiger partial charge in [-0.05, 0) is 37.1 Å². The minimum atomic E-state index is -0.766. The first-order chi connectivity index (χ1) is 9.69. The third-order valence-electron chi connectivity index (χ3n) is 3.42. The van der Waals surface area contributed by atoms with Crippen LogP contribution in [0.25, 0.3) is 0 Å². The Morgan fingerprint density at radius 3 is 3.10 bits per heavy atom. The quantitative estimate of drug-likeness (QED) is 0.664. The van der Waals surface area contributed by atoms with Crippen LogP contribution in [-0.4, -0.2) is 36.8 Å². The van der Waals surface area contributed by atoms with Crippen molar-refractivity contribution in [2.24, 2.45) is 0 Å². The van der Waals surface area contributed by atoms with Crippen molar-refractivity contribution in [3.63, 3.8) is 0 Å². The van der Waals surface area contributed by atoms with Gasteiger partial charge < -0.3 is 20.5 Å². The summed E-state index contributed by atoms with van der Waals surface area (Å²) in [5.74, 6) is 0.156. The van der Waals surface area contributed by atoms with E-state index in [9.17, 15) is 4.79 Å². The van der Waals surface area contributed by atoms with Crippen molar-refractivity contribution in [2.45, 2.75) is 32.3 Å². The molecule has 5 heteroatoms. The van der Waals surface area contributed by atoms with E-state index in [0.717, 1.165) is 37.4 Å². The van der Waals surface area contributed by atoms with Crippen molar-refractivity contribution < 1.29 is 14.6 Å². The van der Waals surface area contributed by atoms with Crippen LogP contribution in [0.4, 0.5) is 5.69 Å². The molecule has 1 aromatic carbocycles. The number of nitrogens with one attached hydrogen (secondary N) is 2. The fourth-order valence-corrected chi connectivity index (χ4v) is 2.20. The minimum absolute atomic E-state index is 0.165. The molecule has 0 aromatic heterocycles. The van der Waals surface area contributed by atoms with Gasteiger partial charge in [0.2, 0.25) is 0 Å². The van der Waals surface area contributed by atoms with Crippen LogP contribution >= 0.6 is 0 Å². The highest BCUT2D eigenvalue weighted by molar-refractivity contribution is 5.66. The summed E-state index contributed by atoms with van der Waals surface area (Å²) in [7, 11) is 0. The molecular weight excluding hydrogens is 256 g/mol. The van der Waals surface area contributed by atoms with E-state index < -0.39 is 5.97 Å². The maximum absolute atomic E-state index is 10.4. The molecule has 0 spiro atoms. The Hall–Kier alpha value is -1.75. The van der Waals surface area contributed by atoms with Gasteiger partial charge in [-0.1, -0.05) is 13.0 Å². The second-order valence-corrected chi connectivity index (χ2v) is 5.00. The number of rotatable bonds is 7. The second kappa shape index (κ2) is 7.14. The Bertz CT molecular complexity index is 462. The van der Waals surface area contributed by atoms with Crippen LogP contribution in [0.5, 0.6) is 5.75 Å². The topological polar surface area (TPSA) is 70.6 Å². The number of carboxylic acids is 1. The second-order valence-electron chi connectivity index (χ2n) is 5.00. The third-order valence-corrected chi connectivity index (χ3v) is 3.42. The Balaban J connectivity index is 1.81. The molecule has 110 valence electrons. The molecule has 0 fully saturated rings. The first kappa shape index (κ1) is 14.7. The van der Waals surface area contributed by atoms with Gasteiger partial charge >= 0.3 is 5.97 Å². The summed E-state index contributed by atoms with van der Waals surface area (Å²) < 4.78 is 5.86. The molecule has 20 heavy (non-hydrogen) atoms. The van der Waals surface area contributed by atoms with Crippen molar-refractivity contribution >= 4 is 11.7 Å². The zero-order valence-electron chi connectivity index (χ0n) is 11.8. The number of benzene rings is 1. The first-order valence-corrected chi connectivity index (χ1v) is 7.15. The standard InChI is InChI=1S/C15H22N2O3/c1-2-12-10-17-13-9-11(3-4-14(13)20-12)5-7-16-8-6-15(18)19/h3-4,9,12,16-17H,2,5-8,10H2,1H3,(H,18,19). The van der Waals surface area contributed by atoms with Gasteiger partial charge in [-0.15, -0.1) is 0 Å². The molecule has 1 unspecified atom stereocenters. The van der Waals surface area contributed by atoms with E-state index >= 15 is 0 Å². The Kier molecular flexibility index (Phi) is 5.24. The normalized spacial score (nSPS) is 16.9. The maximum Gasteiger partial charge on any atom is 0.304 e. The molecule has 1 heterocycles. The molecule has 0 saturated carbocycles. The zero-order valence-corrected chi connectivity index (χ0v) is 11.8. The molecule has 0 saturated heterocycles. The van der Waals surface area contributed by atoms with Gasteiger partial charge in [0.1, 0.15) is 11.9 Å². The summed E-state index contributed by atoms with van der Waals surface area (Å²) in [6, 6.07) is 6.19. The lowest BCUT2D eigenvalue weighted by Crippen LogP contribution is -2.30. The molecule has 5 nitrogen and oxygen atoms in total. The SMILES string of the molecule is CCC1CNc2cc(CCNCCC(=O)O)ccc2O1. The number of carbonyl (C=O) groups is 1. The lowest BCUT2D eigenvalue weighted by Gasteiger charge is -2.27. The number of anilines is 1. The summed E-state index contributed by atoms with van der Waals surface area (Å²) in [4.78, 5) is 10.4. The van der Waals surface area contributed by atoms with Gasteiger partial charge in [-0.2, -0.15) is 0 Å². The zero-order chi connectivity index (χ0) is 14.4. The molecule has 3 N–H and O–H groups in total. The van der Waals surface area contributed by atoms with E-state index in [-0.39, 0.29) is 12.5 Å². The summed E-state index contributed by atoms with van der Waals surface area (Å²) in [5, 5.41) is 15.1. The monoisotopic (exact) mass is 278 g/mol. The van der Waals surface area contributed by atoms with E-state index in [2.05, 4.69) is 29.7 Å². The van der Waals surface area contributed by atoms with Gasteiger partial charge in [-0.3, -0.25) is 4.79 Å². The molecule has 1 aliphatic rings. The van der Waals surface area contributed by atoms with Gasteiger partial charge in [0.15, 0.2) is 0 Å². The Labute approximate surface area is 119 Å². The van der Waals surface area contributed by atoms with Crippen molar-refractivity contribution in [2.75, 3.05) is 25.0 Å². The number of hydrogen-bond donors (Lipinski definition) is 3. The highest BCUT2D eigenvalue weighted by Crippen LogP contribution is 2.30. The van der Waals surface area contributed by atoms with E-state index in [4.69, 9.17) is 9.84 Å². The molecule has 0 bridgehead atoms. The highest BCUT2D eigenvalue weighted by Gasteiger charge is 2.17. The maximum atomic E-state index is 10.4. The predicted molar refractivity (Wildman–Crippen MR) is 78.5 cm³/mol. The molecule has 1 atom stereocenters. The Morgan fingerprint density at radius 1 is 1.50 bits per heavy atom. The molecule has 0 aliphatic carbocycles. The summed E-state index contributed by atoms with van der Waals surface area (Å²) >= 11 is 0. The number of carboxylic acid groups (broad SMARTS) is 1. The van der Waals surface area contributed by atoms with Gasteiger partial charge in [0, 0.05) is 6.54 Å². The number of hydrogen-bond acceptors (Lipinski definition) is 4. The molecule has 0 amide bonds. The number of aliphatic carboxylic acids is 1. The largest absolute Gasteiger partial charge is 0.486 e. The van der Waals surface area contributed by atoms with E-state index in [0.29, 0.717) is 6.54 Å². The highest BCUT2D eigenvalue weighted by atomic mass is 16.5. The van der Waals surface area contributed by atoms with Crippen molar-refractivity contribution in [1.29, 1.82) is 0 Å². The predicted octanol–water partition coefficient (Wildman–Crippen LogP) is 1.88. The number of ether oxygens (including phenoxy) is 1. The fraction of sp³-hybridized carbons (Fsp3) is 0.533. The first-order valence-electron chi connectivity index (χ1n) is 7.15. The summed E-state index contributed by atoms with van der Waals surface area (Å²) in [6.07, 6.45) is 2.30.